The van der Waals surface area contributed by atoms with Crippen molar-refractivity contribution in [3.63, 3.8) is 0 Å². The van der Waals surface area contributed by atoms with Crippen molar-refractivity contribution in [3.05, 3.63) is 56.7 Å². The van der Waals surface area contributed by atoms with Crippen molar-refractivity contribution in [1.82, 2.24) is 41.4 Å². The highest BCUT2D eigenvalue weighted by Crippen LogP contribution is 2.34. The van der Waals surface area contributed by atoms with Gasteiger partial charge in [0.05, 0.1) is 8.95 Å². The average Bonchev–Trinajstić information content (AvgIpc) is 3.15. The van der Waals surface area contributed by atoms with Crippen LogP contribution in [0, 0.1) is 0 Å². The summed E-state index contributed by atoms with van der Waals surface area (Å²) >= 11 is 6.71. The van der Waals surface area contributed by atoms with E-state index < -0.39 is 35.7 Å². The Hall–Kier alpha value is -4.12. The number of rotatable bonds is 13. The number of urea groups is 2. The van der Waals surface area contributed by atoms with Gasteiger partial charge in [-0.25, -0.2) is 14.4 Å². The minimum atomic E-state index is -1.07. The molecule has 302 valence electrons. The molecule has 55 heavy (non-hydrogen) atoms. The highest BCUT2D eigenvalue weighted by atomic mass is 79.9. The number of phenols is 1. The summed E-state index contributed by atoms with van der Waals surface area (Å²) in [7, 11) is 1.54. The van der Waals surface area contributed by atoms with E-state index >= 15 is 0 Å². The standard InChI is InChI=1S/C38H54Br2N8O7/c1-38(2,3)55-37(54)43-14-6-5-7-30(34(51)47-17-10-26(11-18-47)25-8-15-42-16-9-25)45-33(50)31(23-24-21-28(39)32(49)29(40)22-24)46-36(53)48-19-12-27(13-20-48)44-35(52)41-4/h8-9,15-16,21-22,26-27,30-31,49H,5-7,10-14,17-20,23H2,1-4H3,(H,43,54)(H,45,50)(H,46,53)(H2,41,44,52)/t30-,31+/m0/s1. The Morgan fingerprint density at radius 2 is 1.53 bits per heavy atom. The summed E-state index contributed by atoms with van der Waals surface area (Å²) in [5, 5.41) is 24.4. The summed E-state index contributed by atoms with van der Waals surface area (Å²) in [5.74, 6) is -0.428. The van der Waals surface area contributed by atoms with Crippen LogP contribution in [0.3, 0.4) is 0 Å². The molecule has 2 aliphatic rings. The lowest BCUT2D eigenvalue weighted by Gasteiger charge is -2.35. The van der Waals surface area contributed by atoms with Gasteiger partial charge in [-0.2, -0.15) is 0 Å². The summed E-state index contributed by atoms with van der Waals surface area (Å²) in [5.41, 5.74) is 1.21. The van der Waals surface area contributed by atoms with E-state index in [2.05, 4.69) is 63.4 Å². The van der Waals surface area contributed by atoms with E-state index in [9.17, 15) is 29.1 Å². The summed E-state index contributed by atoms with van der Waals surface area (Å²) in [6.07, 6.45) is 7.11. The number of aromatic hydroxyl groups is 1. The second kappa shape index (κ2) is 20.7. The van der Waals surface area contributed by atoms with Gasteiger partial charge in [0.1, 0.15) is 23.4 Å². The summed E-state index contributed by atoms with van der Waals surface area (Å²) in [6, 6.07) is 4.59. The number of ether oxygens (including phenoxy) is 1. The quantitative estimate of drug-likeness (QED) is 0.153. The van der Waals surface area contributed by atoms with Crippen LogP contribution < -0.4 is 26.6 Å². The molecule has 0 radical (unpaired) electrons. The number of unbranched alkanes of at least 4 members (excludes halogenated alkanes) is 1. The van der Waals surface area contributed by atoms with Gasteiger partial charge in [0.15, 0.2) is 0 Å². The smallest absolute Gasteiger partial charge is 0.407 e. The molecule has 0 bridgehead atoms. The number of hydrogen-bond donors (Lipinski definition) is 6. The zero-order valence-electron chi connectivity index (χ0n) is 32.0. The maximum atomic E-state index is 14.2. The molecule has 7 amide bonds. The number of amides is 7. The zero-order chi connectivity index (χ0) is 40.1. The summed E-state index contributed by atoms with van der Waals surface area (Å²) < 4.78 is 6.15. The third kappa shape index (κ3) is 13.8. The monoisotopic (exact) mass is 892 g/mol. The fraction of sp³-hybridized carbons (Fsp3) is 0.579. The molecule has 0 aliphatic carbocycles. The molecule has 3 heterocycles. The average molecular weight is 895 g/mol. The second-order valence-electron chi connectivity index (χ2n) is 15.0. The number of carbonyl (C=O) groups is 5. The Morgan fingerprint density at radius 3 is 2.13 bits per heavy atom. The Balaban J connectivity index is 1.48. The van der Waals surface area contributed by atoms with E-state index in [1.165, 1.54) is 5.56 Å². The molecular formula is C38H54Br2N8O7. The van der Waals surface area contributed by atoms with Gasteiger partial charge in [-0.3, -0.25) is 14.6 Å². The highest BCUT2D eigenvalue weighted by molar-refractivity contribution is 9.11. The van der Waals surface area contributed by atoms with Crippen LogP contribution in [-0.2, 0) is 20.7 Å². The number of piperidine rings is 2. The van der Waals surface area contributed by atoms with Crippen LogP contribution in [0.25, 0.3) is 0 Å². The van der Waals surface area contributed by atoms with Crippen LogP contribution in [0.5, 0.6) is 5.75 Å². The molecule has 15 nitrogen and oxygen atoms in total. The van der Waals surface area contributed by atoms with Gasteiger partial charge in [-0.15, -0.1) is 0 Å². The van der Waals surface area contributed by atoms with Gasteiger partial charge in [-0.05, 0) is 139 Å². The topological polar surface area (TPSA) is 194 Å². The molecule has 1 aromatic carbocycles. The molecule has 2 atom stereocenters. The number of aromatic nitrogens is 1. The van der Waals surface area contributed by atoms with Gasteiger partial charge in [0.2, 0.25) is 11.8 Å². The SMILES string of the molecule is CNC(=O)NC1CCN(C(=O)N[C@H](Cc2cc(Br)c(O)c(Br)c2)C(=O)N[C@@H](CCCCNC(=O)OC(C)(C)C)C(=O)N2CCC(c3ccncc3)CC2)CC1. The molecule has 17 heteroatoms. The lowest BCUT2D eigenvalue weighted by Crippen LogP contribution is -2.58. The lowest BCUT2D eigenvalue weighted by atomic mass is 9.89. The largest absolute Gasteiger partial charge is 0.506 e. The van der Waals surface area contributed by atoms with E-state index in [4.69, 9.17) is 4.74 Å². The third-order valence-corrected chi connectivity index (χ3v) is 10.9. The van der Waals surface area contributed by atoms with E-state index in [-0.39, 0.29) is 30.2 Å². The maximum Gasteiger partial charge on any atom is 0.407 e. The first-order valence-corrected chi connectivity index (χ1v) is 20.4. The maximum absolute atomic E-state index is 14.2. The first kappa shape index (κ1) is 43.6. The molecule has 6 N–H and O–H groups in total. The van der Waals surface area contributed by atoms with Crippen molar-refractivity contribution >= 4 is 61.8 Å². The van der Waals surface area contributed by atoms with Crippen molar-refractivity contribution in [2.75, 3.05) is 39.8 Å². The van der Waals surface area contributed by atoms with Crippen LogP contribution >= 0.6 is 31.9 Å². The predicted octanol–water partition coefficient (Wildman–Crippen LogP) is 4.91. The normalized spacial score (nSPS) is 16.4. The number of nitrogens with zero attached hydrogens (tertiary/aromatic N) is 3. The van der Waals surface area contributed by atoms with Gasteiger partial charge in [0.25, 0.3) is 0 Å². The van der Waals surface area contributed by atoms with Crippen LogP contribution in [0.4, 0.5) is 14.4 Å². The van der Waals surface area contributed by atoms with Crippen LogP contribution in [0.2, 0.25) is 0 Å². The molecule has 0 unspecified atom stereocenters. The van der Waals surface area contributed by atoms with Crippen molar-refractivity contribution in [1.29, 1.82) is 0 Å². The van der Waals surface area contributed by atoms with Gasteiger partial charge in [0, 0.05) is 64.6 Å². The van der Waals surface area contributed by atoms with Crippen molar-refractivity contribution in [2.24, 2.45) is 0 Å². The van der Waals surface area contributed by atoms with Gasteiger partial charge >= 0.3 is 18.2 Å². The third-order valence-electron chi connectivity index (χ3n) is 9.66. The summed E-state index contributed by atoms with van der Waals surface area (Å²) in [4.78, 5) is 73.5. The number of likely N-dealkylation sites (tertiary alicyclic amines) is 2. The molecule has 2 aromatic rings. The highest BCUT2D eigenvalue weighted by Gasteiger charge is 2.33. The van der Waals surface area contributed by atoms with Crippen LogP contribution in [0.1, 0.15) is 82.8 Å². The Bertz CT molecular complexity index is 1610. The first-order valence-electron chi connectivity index (χ1n) is 18.8. The molecule has 2 saturated heterocycles. The molecule has 4 rings (SSSR count). The number of alkyl carbamates (subject to hydrolysis) is 1. The number of phenolic OH excluding ortho intramolecular Hbond substituents is 1. The Morgan fingerprint density at radius 1 is 0.909 bits per heavy atom. The predicted molar refractivity (Wildman–Crippen MR) is 215 cm³/mol. The fourth-order valence-electron chi connectivity index (χ4n) is 6.70. The Kier molecular flexibility index (Phi) is 16.4. The van der Waals surface area contributed by atoms with E-state index in [0.29, 0.717) is 85.3 Å². The molecular weight excluding hydrogens is 840 g/mol. The number of nitrogens with one attached hydrogen (secondary N) is 5. The first-order chi connectivity index (χ1) is 26.1. The van der Waals surface area contributed by atoms with Crippen molar-refractivity contribution < 1.29 is 33.8 Å². The number of benzene rings is 1. The van der Waals surface area contributed by atoms with Crippen molar-refractivity contribution in [3.8, 4) is 5.75 Å². The van der Waals surface area contributed by atoms with Gasteiger partial charge < -0.3 is 46.2 Å². The van der Waals surface area contributed by atoms with E-state index in [1.54, 1.807) is 62.1 Å². The molecule has 1 aromatic heterocycles. The molecule has 2 fully saturated rings. The number of carbonyl (C=O) groups excluding carboxylic acids is 5. The van der Waals surface area contributed by atoms with Gasteiger partial charge in [-0.1, -0.05) is 0 Å². The minimum absolute atomic E-state index is 0.00143. The Labute approximate surface area is 339 Å². The number of pyridine rings is 1. The lowest BCUT2D eigenvalue weighted by molar-refractivity contribution is -0.138. The molecule has 0 spiro atoms. The zero-order valence-corrected chi connectivity index (χ0v) is 35.1. The fourth-order valence-corrected chi connectivity index (χ4v) is 7.98. The van der Waals surface area contributed by atoms with E-state index in [0.717, 1.165) is 12.8 Å². The second-order valence-corrected chi connectivity index (χ2v) is 16.7. The van der Waals surface area contributed by atoms with E-state index in [1.807, 2.05) is 12.1 Å². The number of halogens is 2. The van der Waals surface area contributed by atoms with Crippen molar-refractivity contribution in [2.45, 2.75) is 102 Å². The minimum Gasteiger partial charge on any atom is -0.506 e. The molecule has 2 aliphatic heterocycles. The molecule has 0 saturated carbocycles. The van der Waals surface area contributed by atoms with Crippen LogP contribution in [-0.4, -0.2) is 113 Å². The number of hydrogen-bond acceptors (Lipinski definition) is 8. The van der Waals surface area contributed by atoms with Crippen LogP contribution in [0.15, 0.2) is 45.6 Å². The summed E-state index contributed by atoms with van der Waals surface area (Å²) in [6.45, 7) is 7.50.